The summed E-state index contributed by atoms with van der Waals surface area (Å²) in [5, 5.41) is 8.39. The van der Waals surface area contributed by atoms with Crippen LogP contribution in [0.4, 0.5) is 0 Å². The molecule has 0 spiro atoms. The molecule has 0 aliphatic carbocycles. The number of carboxylic acid groups (broad SMARTS) is 1. The van der Waals surface area contributed by atoms with Gasteiger partial charge in [0.05, 0.1) is 52.6 Å². The molecule has 3 aliphatic heterocycles. The predicted molar refractivity (Wildman–Crippen MR) is 135 cm³/mol. The number of carbonyl (C=O) groups is 2. The average Bonchev–Trinajstić information content (AvgIpc) is 2.92. The maximum absolute atomic E-state index is 11.6. The molecule has 0 radical (unpaired) electrons. The lowest BCUT2D eigenvalue weighted by atomic mass is 9.90. The van der Waals surface area contributed by atoms with E-state index in [0.717, 1.165) is 96.4 Å². The van der Waals surface area contributed by atoms with Gasteiger partial charge in [0, 0.05) is 45.8 Å². The highest BCUT2D eigenvalue weighted by molar-refractivity contribution is 5.66. The summed E-state index contributed by atoms with van der Waals surface area (Å²) in [7, 11) is 1.67. The van der Waals surface area contributed by atoms with Crippen molar-refractivity contribution >= 4 is 12.4 Å². The van der Waals surface area contributed by atoms with Crippen molar-refractivity contribution in [2.75, 3.05) is 86.0 Å². The first-order chi connectivity index (χ1) is 17.5. The van der Waals surface area contributed by atoms with Gasteiger partial charge in [-0.3, -0.25) is 19.4 Å². The molecule has 0 bridgehead atoms. The highest BCUT2D eigenvalue weighted by Crippen LogP contribution is 2.39. The normalized spacial score (nSPS) is 20.6. The first kappa shape index (κ1) is 28.2. The second-order valence-corrected chi connectivity index (χ2v) is 9.08. The summed E-state index contributed by atoms with van der Waals surface area (Å²) >= 11 is 0. The number of morpholine rings is 2. The largest absolute Gasteiger partial charge is 0.493 e. The Labute approximate surface area is 214 Å². The Morgan fingerprint density at radius 2 is 1.67 bits per heavy atom. The van der Waals surface area contributed by atoms with Crippen LogP contribution >= 0.6 is 0 Å². The van der Waals surface area contributed by atoms with Crippen molar-refractivity contribution in [2.45, 2.75) is 32.2 Å². The maximum Gasteiger partial charge on any atom is 0.304 e. The Morgan fingerprint density at radius 1 is 1.03 bits per heavy atom. The fraction of sp³-hybridized carbons (Fsp3) is 0.692. The minimum Gasteiger partial charge on any atom is -0.493 e. The van der Waals surface area contributed by atoms with Gasteiger partial charge in [-0.05, 0) is 43.0 Å². The van der Waals surface area contributed by atoms with E-state index in [0.29, 0.717) is 13.2 Å². The zero-order valence-corrected chi connectivity index (χ0v) is 21.7. The molecule has 1 N–H and O–H groups in total. The van der Waals surface area contributed by atoms with E-state index in [9.17, 15) is 9.59 Å². The molecule has 202 valence electrons. The van der Waals surface area contributed by atoms with E-state index in [-0.39, 0.29) is 12.5 Å². The summed E-state index contributed by atoms with van der Waals surface area (Å²) in [6.45, 7) is 11.7. The van der Waals surface area contributed by atoms with E-state index < -0.39 is 5.97 Å². The number of nitrogens with zero attached hydrogens (tertiary/aromatic N) is 3. The molecule has 0 saturated carbocycles. The van der Waals surface area contributed by atoms with E-state index in [2.05, 4.69) is 21.9 Å². The van der Waals surface area contributed by atoms with Gasteiger partial charge in [0.15, 0.2) is 11.5 Å². The molecule has 2 fully saturated rings. The molecule has 1 atom stereocenters. The minimum absolute atomic E-state index is 0.0919. The average molecular weight is 508 g/mol. The molecule has 0 aromatic heterocycles. The molecule has 1 aromatic rings. The van der Waals surface area contributed by atoms with Gasteiger partial charge in [-0.25, -0.2) is 0 Å². The van der Waals surface area contributed by atoms with Crippen LogP contribution in [0.1, 0.15) is 36.9 Å². The van der Waals surface area contributed by atoms with Crippen LogP contribution in [-0.4, -0.2) is 118 Å². The Bertz CT molecular complexity index is 826. The second-order valence-electron chi connectivity index (χ2n) is 9.08. The fourth-order valence-electron chi connectivity index (χ4n) is 4.81. The van der Waals surface area contributed by atoms with Crippen LogP contribution in [-0.2, 0) is 25.5 Å². The number of methoxy groups -OCH3 is 1. The molecule has 3 aliphatic rings. The number of hydrogen-bond acceptors (Lipinski definition) is 8. The van der Waals surface area contributed by atoms with Gasteiger partial charge < -0.3 is 29.0 Å². The Morgan fingerprint density at radius 3 is 2.22 bits per heavy atom. The zero-order chi connectivity index (χ0) is 25.8. The van der Waals surface area contributed by atoms with E-state index in [1.807, 2.05) is 11.8 Å². The van der Waals surface area contributed by atoms with E-state index in [1.165, 1.54) is 11.1 Å². The smallest absolute Gasteiger partial charge is 0.304 e. The van der Waals surface area contributed by atoms with Crippen molar-refractivity contribution in [3.8, 4) is 11.5 Å². The van der Waals surface area contributed by atoms with Gasteiger partial charge >= 0.3 is 5.97 Å². The van der Waals surface area contributed by atoms with Crippen LogP contribution in [0.15, 0.2) is 12.1 Å². The predicted octanol–water partition coefficient (Wildman–Crippen LogP) is 1.67. The standard InChI is InChI=1S/C19H28N2O4.C7H13NO3/c1-3-25-19-13-16-15(12-18(19)23-2)4-7-21(14-22)17(16)5-6-20-8-10-24-11-9-20;9-7(10)1-2-8-3-5-11-6-4-8/h12-14,17H,3-11H2,1-2H3;1-6H2,(H,9,10). The van der Waals surface area contributed by atoms with Gasteiger partial charge in [-0.15, -0.1) is 0 Å². The summed E-state index contributed by atoms with van der Waals surface area (Å²) in [4.78, 5) is 28.2. The van der Waals surface area contributed by atoms with Crippen molar-refractivity contribution in [3.63, 3.8) is 0 Å². The quantitative estimate of drug-likeness (QED) is 0.474. The van der Waals surface area contributed by atoms with E-state index >= 15 is 0 Å². The number of hydrogen-bond donors (Lipinski definition) is 1. The monoisotopic (exact) mass is 507 g/mol. The van der Waals surface area contributed by atoms with Gasteiger partial charge in [-0.2, -0.15) is 0 Å². The zero-order valence-electron chi connectivity index (χ0n) is 21.7. The summed E-state index contributed by atoms with van der Waals surface area (Å²) in [6.07, 6.45) is 2.99. The molecule has 10 nitrogen and oxygen atoms in total. The molecular weight excluding hydrogens is 466 g/mol. The molecule has 3 heterocycles. The number of aliphatic carboxylic acids is 1. The third kappa shape index (κ3) is 8.33. The van der Waals surface area contributed by atoms with Gasteiger partial charge in [-0.1, -0.05) is 0 Å². The third-order valence-corrected chi connectivity index (χ3v) is 6.83. The van der Waals surface area contributed by atoms with Crippen LogP contribution in [0, 0.1) is 0 Å². The SMILES string of the molecule is CCOc1cc2c(cc1OC)CCN(C=O)C2CCN1CCOCC1.O=C(O)CCN1CCOCC1. The van der Waals surface area contributed by atoms with Crippen LogP contribution in [0.2, 0.25) is 0 Å². The lowest BCUT2D eigenvalue weighted by molar-refractivity contribution is -0.137. The van der Waals surface area contributed by atoms with E-state index in [4.69, 9.17) is 24.1 Å². The molecule has 1 aromatic carbocycles. The second kappa shape index (κ2) is 15.0. The van der Waals surface area contributed by atoms with Crippen LogP contribution in [0.3, 0.4) is 0 Å². The van der Waals surface area contributed by atoms with Crippen molar-refractivity contribution in [3.05, 3.63) is 23.3 Å². The summed E-state index contributed by atoms with van der Waals surface area (Å²) in [5.74, 6) is 0.802. The van der Waals surface area contributed by atoms with Crippen molar-refractivity contribution in [1.29, 1.82) is 0 Å². The first-order valence-corrected chi connectivity index (χ1v) is 12.9. The molecule has 1 amide bonds. The van der Waals surface area contributed by atoms with Crippen molar-refractivity contribution in [2.24, 2.45) is 0 Å². The lowest BCUT2D eigenvalue weighted by Crippen LogP contribution is -2.40. The Balaban J connectivity index is 0.000000275. The highest BCUT2D eigenvalue weighted by Gasteiger charge is 2.29. The number of carbonyl (C=O) groups excluding carboxylic acids is 1. The summed E-state index contributed by atoms with van der Waals surface area (Å²) in [6, 6.07) is 4.23. The van der Waals surface area contributed by atoms with Crippen LogP contribution in [0.5, 0.6) is 11.5 Å². The highest BCUT2D eigenvalue weighted by atomic mass is 16.5. The number of ether oxygens (including phenoxy) is 4. The number of amides is 1. The van der Waals surface area contributed by atoms with Gasteiger partial charge in [0.2, 0.25) is 6.41 Å². The number of carboxylic acids is 1. The Kier molecular flexibility index (Phi) is 11.7. The molecule has 1 unspecified atom stereocenters. The number of benzene rings is 1. The summed E-state index contributed by atoms with van der Waals surface area (Å²) < 4.78 is 21.8. The molecular formula is C26H41N3O7. The van der Waals surface area contributed by atoms with Gasteiger partial charge in [0.1, 0.15) is 0 Å². The van der Waals surface area contributed by atoms with Crippen molar-refractivity contribution < 1.29 is 33.6 Å². The lowest BCUT2D eigenvalue weighted by Gasteiger charge is -2.37. The number of rotatable bonds is 10. The maximum atomic E-state index is 11.6. The van der Waals surface area contributed by atoms with Crippen molar-refractivity contribution in [1.82, 2.24) is 14.7 Å². The van der Waals surface area contributed by atoms with Gasteiger partial charge in [0.25, 0.3) is 0 Å². The molecule has 4 rings (SSSR count). The molecule has 10 heteroatoms. The molecule has 36 heavy (non-hydrogen) atoms. The topological polar surface area (TPSA) is 101 Å². The van der Waals surface area contributed by atoms with Crippen LogP contribution in [0.25, 0.3) is 0 Å². The minimum atomic E-state index is -0.725. The fourth-order valence-corrected chi connectivity index (χ4v) is 4.81. The molecule has 2 saturated heterocycles. The summed E-state index contributed by atoms with van der Waals surface area (Å²) in [5.41, 5.74) is 2.45. The Hall–Kier alpha value is -2.40. The first-order valence-electron chi connectivity index (χ1n) is 12.9. The van der Waals surface area contributed by atoms with Crippen LogP contribution < -0.4 is 9.47 Å². The number of fused-ring (bicyclic) bond motifs is 1. The van der Waals surface area contributed by atoms with E-state index in [1.54, 1.807) is 7.11 Å². The third-order valence-electron chi connectivity index (χ3n) is 6.83.